The Hall–Kier alpha value is -2.28. The second kappa shape index (κ2) is 9.03. The first-order valence-corrected chi connectivity index (χ1v) is 10.6. The van der Waals surface area contributed by atoms with Gasteiger partial charge in [-0.3, -0.25) is 4.79 Å². The molecule has 2 heterocycles. The van der Waals surface area contributed by atoms with Crippen molar-refractivity contribution in [1.29, 1.82) is 0 Å². The van der Waals surface area contributed by atoms with Gasteiger partial charge < -0.3 is 24.6 Å². The SMILES string of the molecule is C[C@@H]([NH2+]CC(=O)N1CC[NH+](Cc2ccc3c(c2)OCO3)CC1)c1ccccc1Cl. The molecule has 6 nitrogen and oxygen atoms in total. The molecule has 0 aliphatic carbocycles. The topological polar surface area (TPSA) is 59.8 Å². The van der Waals surface area contributed by atoms with Crippen LogP contribution in [0.25, 0.3) is 0 Å². The molecule has 154 valence electrons. The van der Waals surface area contributed by atoms with E-state index in [4.69, 9.17) is 21.1 Å². The number of nitrogens with one attached hydrogen (secondary N) is 1. The van der Waals surface area contributed by atoms with Crippen molar-refractivity contribution in [3.05, 3.63) is 58.6 Å². The number of piperazine rings is 1. The number of benzene rings is 2. The van der Waals surface area contributed by atoms with Crippen molar-refractivity contribution in [1.82, 2.24) is 4.90 Å². The maximum absolute atomic E-state index is 12.6. The minimum atomic E-state index is 0.158. The number of hydrogen-bond donors (Lipinski definition) is 2. The molecule has 4 rings (SSSR count). The minimum absolute atomic E-state index is 0.158. The maximum atomic E-state index is 12.6. The van der Waals surface area contributed by atoms with Gasteiger partial charge in [-0.1, -0.05) is 29.8 Å². The fourth-order valence-corrected chi connectivity index (χ4v) is 4.27. The van der Waals surface area contributed by atoms with Crippen LogP contribution in [0.15, 0.2) is 42.5 Å². The van der Waals surface area contributed by atoms with Crippen LogP contribution in [0.4, 0.5) is 0 Å². The van der Waals surface area contributed by atoms with Crippen LogP contribution in [0.5, 0.6) is 11.5 Å². The molecule has 0 aromatic heterocycles. The van der Waals surface area contributed by atoms with Gasteiger partial charge in [-0.15, -0.1) is 0 Å². The smallest absolute Gasteiger partial charge is 0.278 e. The zero-order valence-corrected chi connectivity index (χ0v) is 17.5. The molecule has 1 amide bonds. The van der Waals surface area contributed by atoms with Crippen LogP contribution in [0, 0.1) is 0 Å². The zero-order valence-electron chi connectivity index (χ0n) is 16.7. The molecule has 2 aliphatic heterocycles. The summed E-state index contributed by atoms with van der Waals surface area (Å²) in [5.74, 6) is 1.85. The predicted octanol–water partition coefficient (Wildman–Crippen LogP) is 0.620. The fraction of sp³-hybridized carbons (Fsp3) is 0.409. The molecule has 1 fully saturated rings. The second-order valence-corrected chi connectivity index (χ2v) is 8.15. The Labute approximate surface area is 176 Å². The Morgan fingerprint density at radius 3 is 2.72 bits per heavy atom. The Balaban J connectivity index is 1.23. The van der Waals surface area contributed by atoms with Crippen molar-refractivity contribution < 1.29 is 24.5 Å². The summed E-state index contributed by atoms with van der Waals surface area (Å²) in [6.07, 6.45) is 0. The molecule has 0 saturated carbocycles. The summed E-state index contributed by atoms with van der Waals surface area (Å²) in [7, 11) is 0. The molecule has 0 unspecified atom stereocenters. The molecule has 3 N–H and O–H groups in total. The number of hydrogen-bond acceptors (Lipinski definition) is 3. The van der Waals surface area contributed by atoms with Gasteiger partial charge in [-0.2, -0.15) is 0 Å². The number of quaternary nitrogens is 2. The molecule has 2 aliphatic rings. The first-order valence-electron chi connectivity index (χ1n) is 10.2. The van der Waals surface area contributed by atoms with E-state index in [2.05, 4.69) is 24.4 Å². The fourth-order valence-electron chi connectivity index (χ4n) is 3.97. The third-order valence-corrected chi connectivity index (χ3v) is 6.10. The molecular formula is C22H28ClN3O3+2. The van der Waals surface area contributed by atoms with Crippen LogP contribution in [0.3, 0.4) is 0 Å². The van der Waals surface area contributed by atoms with Gasteiger partial charge in [0.05, 0.1) is 26.2 Å². The van der Waals surface area contributed by atoms with Crippen LogP contribution >= 0.6 is 11.6 Å². The average molecular weight is 418 g/mol. The van der Waals surface area contributed by atoms with Gasteiger partial charge >= 0.3 is 0 Å². The Bertz CT molecular complexity index is 868. The first kappa shape index (κ1) is 20.0. The number of rotatable bonds is 6. The molecule has 1 saturated heterocycles. The molecule has 29 heavy (non-hydrogen) atoms. The Morgan fingerprint density at radius 2 is 1.93 bits per heavy atom. The highest BCUT2D eigenvalue weighted by molar-refractivity contribution is 6.31. The van der Waals surface area contributed by atoms with Crippen molar-refractivity contribution in [2.75, 3.05) is 39.5 Å². The van der Waals surface area contributed by atoms with Crippen LogP contribution in [-0.2, 0) is 11.3 Å². The summed E-state index contributed by atoms with van der Waals surface area (Å²) in [5, 5.41) is 2.82. The maximum Gasteiger partial charge on any atom is 0.278 e. The van der Waals surface area contributed by atoms with Gasteiger partial charge in [0.1, 0.15) is 12.6 Å². The highest BCUT2D eigenvalue weighted by Gasteiger charge is 2.26. The van der Waals surface area contributed by atoms with Gasteiger partial charge in [0.25, 0.3) is 5.91 Å². The van der Waals surface area contributed by atoms with Crippen molar-refractivity contribution in [3.63, 3.8) is 0 Å². The van der Waals surface area contributed by atoms with E-state index in [1.54, 1.807) is 0 Å². The quantitative estimate of drug-likeness (QED) is 0.724. The molecule has 2 aromatic carbocycles. The van der Waals surface area contributed by atoms with Crippen LogP contribution in [0.2, 0.25) is 5.02 Å². The van der Waals surface area contributed by atoms with Crippen molar-refractivity contribution in [2.45, 2.75) is 19.5 Å². The number of carbonyl (C=O) groups is 1. The molecule has 2 aromatic rings. The van der Waals surface area contributed by atoms with Gasteiger partial charge in [-0.05, 0) is 31.2 Å². The zero-order chi connectivity index (χ0) is 20.2. The van der Waals surface area contributed by atoms with E-state index in [0.29, 0.717) is 13.3 Å². The van der Waals surface area contributed by atoms with E-state index in [1.165, 1.54) is 10.5 Å². The summed E-state index contributed by atoms with van der Waals surface area (Å²) in [6.45, 7) is 7.29. The number of fused-ring (bicyclic) bond motifs is 1. The molecule has 7 heteroatoms. The normalized spacial score (nSPS) is 17.4. The van der Waals surface area contributed by atoms with Crippen LogP contribution < -0.4 is 19.7 Å². The number of ether oxygens (including phenoxy) is 2. The van der Waals surface area contributed by atoms with E-state index >= 15 is 0 Å². The van der Waals surface area contributed by atoms with Crippen LogP contribution in [0.1, 0.15) is 24.1 Å². The summed E-state index contributed by atoms with van der Waals surface area (Å²) in [5.41, 5.74) is 2.31. The van der Waals surface area contributed by atoms with E-state index in [9.17, 15) is 4.79 Å². The first-order chi connectivity index (χ1) is 14.1. The predicted molar refractivity (Wildman–Crippen MR) is 110 cm³/mol. The molecule has 0 spiro atoms. The van der Waals surface area contributed by atoms with E-state index in [1.807, 2.05) is 35.2 Å². The van der Waals surface area contributed by atoms with Crippen molar-refractivity contribution >= 4 is 17.5 Å². The highest BCUT2D eigenvalue weighted by atomic mass is 35.5. The largest absolute Gasteiger partial charge is 0.454 e. The van der Waals surface area contributed by atoms with Gasteiger partial charge in [0.15, 0.2) is 18.0 Å². The minimum Gasteiger partial charge on any atom is -0.454 e. The highest BCUT2D eigenvalue weighted by Crippen LogP contribution is 2.32. The second-order valence-electron chi connectivity index (χ2n) is 7.75. The number of carbonyl (C=O) groups excluding carboxylic acids is 1. The molecule has 1 atom stereocenters. The average Bonchev–Trinajstić information content (AvgIpc) is 3.20. The van der Waals surface area contributed by atoms with Gasteiger partial charge in [0.2, 0.25) is 6.79 Å². The summed E-state index contributed by atoms with van der Waals surface area (Å²) in [6, 6.07) is 14.1. The van der Waals surface area contributed by atoms with E-state index in [-0.39, 0.29) is 11.9 Å². The van der Waals surface area contributed by atoms with E-state index in [0.717, 1.165) is 54.8 Å². The summed E-state index contributed by atoms with van der Waals surface area (Å²) >= 11 is 6.26. The van der Waals surface area contributed by atoms with Gasteiger partial charge in [-0.25, -0.2) is 0 Å². The standard InChI is InChI=1S/C22H26ClN3O3/c1-16(18-4-2-3-5-19(18)23)24-13-22(27)26-10-8-25(9-11-26)14-17-6-7-20-21(12-17)29-15-28-20/h2-7,12,16,24H,8-11,13-15H2,1H3/p+2/t16-/m1/s1. The summed E-state index contributed by atoms with van der Waals surface area (Å²) < 4.78 is 10.8. The van der Waals surface area contributed by atoms with Gasteiger partial charge in [0, 0.05) is 16.1 Å². The molecule has 0 bridgehead atoms. The lowest BCUT2D eigenvalue weighted by atomic mass is 10.1. The number of halogens is 1. The Kier molecular flexibility index (Phi) is 6.23. The number of nitrogens with zero attached hydrogens (tertiary/aromatic N) is 1. The number of nitrogens with two attached hydrogens (primary N) is 1. The van der Waals surface area contributed by atoms with Crippen LogP contribution in [-0.4, -0.2) is 50.3 Å². The van der Waals surface area contributed by atoms with Crippen molar-refractivity contribution in [3.8, 4) is 11.5 Å². The molecule has 0 radical (unpaired) electrons. The number of amides is 1. The third kappa shape index (κ3) is 4.83. The lowest BCUT2D eigenvalue weighted by molar-refractivity contribution is -0.917. The van der Waals surface area contributed by atoms with Crippen molar-refractivity contribution in [2.24, 2.45) is 0 Å². The van der Waals surface area contributed by atoms with E-state index < -0.39 is 0 Å². The monoisotopic (exact) mass is 417 g/mol. The molecular weight excluding hydrogens is 390 g/mol. The third-order valence-electron chi connectivity index (χ3n) is 5.76. The summed E-state index contributed by atoms with van der Waals surface area (Å²) in [4.78, 5) is 16.1. The lowest BCUT2D eigenvalue weighted by Gasteiger charge is -2.32. The Morgan fingerprint density at radius 1 is 1.17 bits per heavy atom. The lowest BCUT2D eigenvalue weighted by Crippen LogP contribution is -3.13.